The van der Waals surface area contributed by atoms with E-state index in [1.54, 1.807) is 32.5 Å². The molecule has 12 nitrogen and oxygen atoms in total. The second-order valence-electron chi connectivity index (χ2n) is 10.8. The number of nitrogens with two attached hydrogens (primary N) is 1. The maximum absolute atomic E-state index is 6.23. The maximum Gasteiger partial charge on any atom is 0.248 e. The summed E-state index contributed by atoms with van der Waals surface area (Å²) in [6.07, 6.45) is 14.2. The maximum atomic E-state index is 6.23. The Morgan fingerprint density at radius 3 is 2.50 bits per heavy atom. The van der Waals surface area contributed by atoms with Crippen LogP contribution in [0.1, 0.15) is 37.8 Å². The van der Waals surface area contributed by atoms with Crippen LogP contribution in [0.4, 0.5) is 17.6 Å². The molecule has 12 heteroatoms. The highest BCUT2D eigenvalue weighted by Gasteiger charge is 2.25. The molecule has 6 rings (SSSR count). The van der Waals surface area contributed by atoms with Crippen LogP contribution in [0.5, 0.6) is 11.5 Å². The van der Waals surface area contributed by atoms with Crippen LogP contribution in [0, 0.1) is 0 Å². The minimum atomic E-state index is 0.180. The fraction of sp³-hybridized carbons (Fsp3) is 0.433. The van der Waals surface area contributed by atoms with Crippen molar-refractivity contribution in [2.24, 2.45) is 0 Å². The number of piperidine rings is 2. The van der Waals surface area contributed by atoms with Crippen molar-refractivity contribution in [1.29, 1.82) is 0 Å². The minimum absolute atomic E-state index is 0.180. The van der Waals surface area contributed by atoms with Gasteiger partial charge in [0.25, 0.3) is 0 Å². The monoisotopic (exact) mass is 570 g/mol. The molecule has 4 aromatic rings. The SMILES string of the molecule is COc1cc2ncnc(-n3nc(Nc4ccc(/C=C/CN5CCC(N6CCCCC6)CC5)nc4)nc3N)c2cc1OC. The van der Waals surface area contributed by atoms with Crippen LogP contribution >= 0.6 is 0 Å². The van der Waals surface area contributed by atoms with Crippen LogP contribution in [-0.2, 0) is 0 Å². The van der Waals surface area contributed by atoms with E-state index in [1.807, 2.05) is 12.1 Å². The summed E-state index contributed by atoms with van der Waals surface area (Å²) < 4.78 is 12.3. The molecular formula is C30H38N10O2. The van der Waals surface area contributed by atoms with Gasteiger partial charge in [0.1, 0.15) is 6.33 Å². The van der Waals surface area contributed by atoms with E-state index < -0.39 is 0 Å². The number of methoxy groups -OCH3 is 2. The lowest BCUT2D eigenvalue weighted by molar-refractivity contribution is 0.0975. The first-order chi connectivity index (χ1) is 20.6. The number of benzene rings is 1. The molecule has 2 aliphatic rings. The number of anilines is 3. The summed E-state index contributed by atoms with van der Waals surface area (Å²) in [5.74, 6) is 2.11. The van der Waals surface area contributed by atoms with Crippen molar-refractivity contribution in [2.75, 3.05) is 58.0 Å². The number of likely N-dealkylation sites (tertiary alicyclic amines) is 2. The number of aromatic nitrogens is 6. The Morgan fingerprint density at radius 2 is 1.76 bits per heavy atom. The highest BCUT2D eigenvalue weighted by atomic mass is 16.5. The number of nitrogens with zero attached hydrogens (tertiary/aromatic N) is 8. The Morgan fingerprint density at radius 1 is 0.976 bits per heavy atom. The molecule has 3 aromatic heterocycles. The van der Waals surface area contributed by atoms with Crippen LogP contribution in [-0.4, -0.2) is 92.5 Å². The van der Waals surface area contributed by atoms with Crippen molar-refractivity contribution in [3.63, 3.8) is 0 Å². The molecule has 0 spiro atoms. The van der Waals surface area contributed by atoms with Crippen molar-refractivity contribution in [3.05, 3.63) is 48.6 Å². The van der Waals surface area contributed by atoms with Crippen LogP contribution in [0.15, 0.2) is 42.9 Å². The van der Waals surface area contributed by atoms with Gasteiger partial charge in [0.05, 0.1) is 37.3 Å². The molecule has 5 heterocycles. The molecule has 0 saturated carbocycles. The Balaban J connectivity index is 1.06. The predicted octanol–water partition coefficient (Wildman–Crippen LogP) is 3.91. The van der Waals surface area contributed by atoms with Gasteiger partial charge in [-0.15, -0.1) is 5.10 Å². The summed E-state index contributed by atoms with van der Waals surface area (Å²) in [5.41, 5.74) is 8.55. The van der Waals surface area contributed by atoms with E-state index >= 15 is 0 Å². The van der Waals surface area contributed by atoms with Crippen LogP contribution < -0.4 is 20.5 Å². The molecule has 0 amide bonds. The van der Waals surface area contributed by atoms with Gasteiger partial charge in [-0.1, -0.05) is 12.5 Å². The third-order valence-electron chi connectivity index (χ3n) is 8.11. The molecule has 2 saturated heterocycles. The van der Waals surface area contributed by atoms with Crippen molar-refractivity contribution >= 4 is 34.6 Å². The molecule has 3 N–H and O–H groups in total. The zero-order valence-electron chi connectivity index (χ0n) is 24.2. The zero-order valence-corrected chi connectivity index (χ0v) is 24.2. The lowest BCUT2D eigenvalue weighted by Crippen LogP contribution is -2.46. The molecular weight excluding hydrogens is 532 g/mol. The zero-order chi connectivity index (χ0) is 28.9. The second kappa shape index (κ2) is 12.7. The number of ether oxygens (including phenoxy) is 2. The van der Waals surface area contributed by atoms with E-state index in [9.17, 15) is 0 Å². The van der Waals surface area contributed by atoms with E-state index in [4.69, 9.17) is 15.2 Å². The minimum Gasteiger partial charge on any atom is -0.493 e. The van der Waals surface area contributed by atoms with Gasteiger partial charge in [0, 0.05) is 24.0 Å². The Labute approximate surface area is 245 Å². The third kappa shape index (κ3) is 6.14. The lowest BCUT2D eigenvalue weighted by atomic mass is 10.00. The molecule has 0 radical (unpaired) electrons. The quantitative estimate of drug-likeness (QED) is 0.303. The molecule has 0 unspecified atom stereocenters. The Bertz CT molecular complexity index is 1520. The second-order valence-corrected chi connectivity index (χ2v) is 10.8. The number of rotatable bonds is 9. The van der Waals surface area contributed by atoms with E-state index in [1.165, 1.54) is 56.2 Å². The summed E-state index contributed by atoms with van der Waals surface area (Å²) >= 11 is 0. The summed E-state index contributed by atoms with van der Waals surface area (Å²) in [7, 11) is 3.16. The number of nitrogens with one attached hydrogen (secondary N) is 1. The van der Waals surface area contributed by atoms with Crippen molar-refractivity contribution in [3.8, 4) is 17.3 Å². The first-order valence-electron chi connectivity index (χ1n) is 14.6. The molecule has 0 bridgehead atoms. The van der Waals surface area contributed by atoms with Gasteiger partial charge in [0.2, 0.25) is 11.9 Å². The number of hydrogen-bond donors (Lipinski definition) is 2. The van der Waals surface area contributed by atoms with Crippen LogP contribution in [0.25, 0.3) is 22.8 Å². The van der Waals surface area contributed by atoms with Crippen LogP contribution in [0.2, 0.25) is 0 Å². The number of pyridine rings is 1. The van der Waals surface area contributed by atoms with E-state index in [-0.39, 0.29) is 5.95 Å². The number of hydrogen-bond acceptors (Lipinski definition) is 11. The number of fused-ring (bicyclic) bond motifs is 1. The molecule has 220 valence electrons. The van der Waals surface area contributed by atoms with Crippen LogP contribution in [0.3, 0.4) is 0 Å². The van der Waals surface area contributed by atoms with Gasteiger partial charge in [-0.25, -0.2) is 9.97 Å². The third-order valence-corrected chi connectivity index (χ3v) is 8.11. The van der Waals surface area contributed by atoms with Gasteiger partial charge in [0.15, 0.2) is 17.3 Å². The Hall–Kier alpha value is -4.29. The highest BCUT2D eigenvalue weighted by Crippen LogP contribution is 2.33. The molecule has 2 aliphatic heterocycles. The molecule has 42 heavy (non-hydrogen) atoms. The largest absolute Gasteiger partial charge is 0.493 e. The molecule has 0 atom stereocenters. The van der Waals surface area contributed by atoms with Crippen molar-refractivity contribution in [1.82, 2.24) is 39.5 Å². The van der Waals surface area contributed by atoms with Gasteiger partial charge < -0.3 is 25.4 Å². The normalized spacial score (nSPS) is 17.2. The van der Waals surface area contributed by atoms with Crippen molar-refractivity contribution in [2.45, 2.75) is 38.1 Å². The highest BCUT2D eigenvalue weighted by molar-refractivity contribution is 5.88. The average molecular weight is 571 g/mol. The first kappa shape index (κ1) is 27.9. The van der Waals surface area contributed by atoms with Gasteiger partial charge in [-0.2, -0.15) is 9.67 Å². The number of nitrogen functional groups attached to an aromatic ring is 1. The van der Waals surface area contributed by atoms with Crippen molar-refractivity contribution < 1.29 is 9.47 Å². The summed E-state index contributed by atoms with van der Waals surface area (Å²) in [4.78, 5) is 23.0. The summed E-state index contributed by atoms with van der Waals surface area (Å²) in [6, 6.07) is 8.28. The molecule has 0 aliphatic carbocycles. The predicted molar refractivity (Wildman–Crippen MR) is 163 cm³/mol. The Kier molecular flexibility index (Phi) is 8.42. The van der Waals surface area contributed by atoms with E-state index in [2.05, 4.69) is 52.3 Å². The van der Waals surface area contributed by atoms with Gasteiger partial charge >= 0.3 is 0 Å². The fourth-order valence-corrected chi connectivity index (χ4v) is 5.85. The van der Waals surface area contributed by atoms with E-state index in [0.29, 0.717) is 34.2 Å². The standard InChI is InChI=1S/C30H38N10O2/c1-41-26-17-24-25(18-27(26)42-2)33-20-34-28(24)40-29(31)36-30(37-40)35-22-9-8-21(32-19-22)7-6-12-38-15-10-23(11-16-38)39-13-4-3-5-14-39/h6-9,17-20,23H,3-5,10-16H2,1-2H3,(H3,31,35,36,37)/b7-6+. The molecule has 2 fully saturated rings. The lowest BCUT2D eigenvalue weighted by Gasteiger charge is -2.40. The topological polar surface area (TPSA) is 132 Å². The summed E-state index contributed by atoms with van der Waals surface area (Å²) in [5, 5.41) is 8.42. The van der Waals surface area contributed by atoms with Gasteiger partial charge in [-0.3, -0.25) is 9.88 Å². The first-order valence-corrected chi connectivity index (χ1v) is 14.6. The smallest absolute Gasteiger partial charge is 0.248 e. The van der Waals surface area contributed by atoms with E-state index in [0.717, 1.165) is 37.1 Å². The fourth-order valence-electron chi connectivity index (χ4n) is 5.85. The van der Waals surface area contributed by atoms with Gasteiger partial charge in [-0.05, 0) is 76.1 Å². The molecule has 1 aromatic carbocycles. The summed E-state index contributed by atoms with van der Waals surface area (Å²) in [6.45, 7) is 5.86. The average Bonchev–Trinajstić information content (AvgIpc) is 3.40.